The minimum absolute atomic E-state index is 0.00911. The van der Waals surface area contributed by atoms with Crippen LogP contribution in [0.1, 0.15) is 23.2 Å². The Balaban J connectivity index is 1.29. The molecule has 2 aromatic rings. The Morgan fingerprint density at radius 1 is 1.00 bits per heavy atom. The summed E-state index contributed by atoms with van der Waals surface area (Å²) in [5.41, 5.74) is 1.71. The minimum atomic E-state index is -0.337. The van der Waals surface area contributed by atoms with Gasteiger partial charge in [-0.15, -0.1) is 0 Å². The van der Waals surface area contributed by atoms with Crippen LogP contribution in [-0.4, -0.2) is 23.9 Å². The van der Waals surface area contributed by atoms with Crippen LogP contribution in [0.4, 0.5) is 11.4 Å². The average molecular weight is 502 g/mol. The molecule has 2 N–H and O–H groups in total. The Kier molecular flexibility index (Phi) is 4.57. The highest BCUT2D eigenvalue weighted by molar-refractivity contribution is 14.1. The van der Waals surface area contributed by atoms with Crippen molar-refractivity contribution >= 4 is 51.7 Å². The standard InChI is InChI=1S/C22H19IN2O4/c23-13-4-6-14(7-5-13)24-20(26)11-2-1-3-15(8-11)25-21(27)18-12-9-16-17(10-12)29-22(28)19(16)18/h1-8,12,16-19H,9-10H2,(H,24,26)(H,25,27)/t12-,16+,17+,18-,19-/m1/s1. The molecule has 3 aliphatic rings. The van der Waals surface area contributed by atoms with Crippen LogP contribution in [0.3, 0.4) is 0 Å². The summed E-state index contributed by atoms with van der Waals surface area (Å²) in [6.07, 6.45) is 1.68. The van der Waals surface area contributed by atoms with Crippen LogP contribution in [0, 0.1) is 27.2 Å². The number of halogens is 1. The number of carbonyl (C=O) groups is 3. The maximum atomic E-state index is 12.9. The van der Waals surface area contributed by atoms with Gasteiger partial charge >= 0.3 is 5.97 Å². The van der Waals surface area contributed by atoms with E-state index < -0.39 is 0 Å². The molecule has 29 heavy (non-hydrogen) atoms. The molecule has 1 heterocycles. The highest BCUT2D eigenvalue weighted by Gasteiger charge is 2.63. The molecule has 5 atom stereocenters. The van der Waals surface area contributed by atoms with Crippen molar-refractivity contribution in [3.05, 3.63) is 57.7 Å². The second-order valence-corrected chi connectivity index (χ2v) is 9.20. The summed E-state index contributed by atoms with van der Waals surface area (Å²) in [6, 6.07) is 14.4. The van der Waals surface area contributed by atoms with Gasteiger partial charge in [-0.2, -0.15) is 0 Å². The Bertz CT molecular complexity index is 1000. The zero-order chi connectivity index (χ0) is 20.1. The van der Waals surface area contributed by atoms with Crippen molar-refractivity contribution in [3.63, 3.8) is 0 Å². The molecule has 2 aliphatic carbocycles. The molecular formula is C22H19IN2O4. The third kappa shape index (κ3) is 3.31. The third-order valence-electron chi connectivity index (χ3n) is 6.28. The fraction of sp³-hybridized carbons (Fsp3) is 0.318. The summed E-state index contributed by atoms with van der Waals surface area (Å²) >= 11 is 2.21. The quantitative estimate of drug-likeness (QED) is 0.494. The van der Waals surface area contributed by atoms with Gasteiger partial charge in [-0.25, -0.2) is 0 Å². The van der Waals surface area contributed by atoms with E-state index in [1.165, 1.54) is 0 Å². The molecule has 148 valence electrons. The van der Waals surface area contributed by atoms with E-state index in [4.69, 9.17) is 4.74 Å². The van der Waals surface area contributed by atoms with Crippen molar-refractivity contribution < 1.29 is 19.1 Å². The van der Waals surface area contributed by atoms with Gasteiger partial charge in [-0.3, -0.25) is 14.4 Å². The molecule has 2 saturated carbocycles. The van der Waals surface area contributed by atoms with Crippen LogP contribution in [0.25, 0.3) is 0 Å². The first kappa shape index (κ1) is 18.6. The summed E-state index contributed by atoms with van der Waals surface area (Å²) in [7, 11) is 0. The number of benzene rings is 2. The number of fused-ring (bicyclic) bond motifs is 1. The number of rotatable bonds is 4. The maximum absolute atomic E-state index is 12.9. The van der Waals surface area contributed by atoms with Crippen LogP contribution in [0.15, 0.2) is 48.5 Å². The van der Waals surface area contributed by atoms with E-state index in [9.17, 15) is 14.4 Å². The van der Waals surface area contributed by atoms with Gasteiger partial charge in [-0.1, -0.05) is 6.07 Å². The van der Waals surface area contributed by atoms with E-state index in [2.05, 4.69) is 33.2 Å². The molecule has 0 radical (unpaired) electrons. The fourth-order valence-corrected chi connectivity index (χ4v) is 5.42. The molecule has 0 aromatic heterocycles. The van der Waals surface area contributed by atoms with Crippen molar-refractivity contribution in [3.8, 4) is 0 Å². The van der Waals surface area contributed by atoms with Gasteiger partial charge in [0.1, 0.15) is 6.10 Å². The molecule has 2 bridgehead atoms. The number of hydrogen-bond donors (Lipinski definition) is 2. The molecule has 0 spiro atoms. The van der Waals surface area contributed by atoms with Gasteiger partial charge in [-0.05, 0) is 83.8 Å². The highest BCUT2D eigenvalue weighted by atomic mass is 127. The zero-order valence-corrected chi connectivity index (χ0v) is 17.6. The summed E-state index contributed by atoms with van der Waals surface area (Å²) in [5, 5.41) is 5.77. The summed E-state index contributed by atoms with van der Waals surface area (Å²) < 4.78 is 6.50. The predicted molar refractivity (Wildman–Crippen MR) is 115 cm³/mol. The zero-order valence-electron chi connectivity index (χ0n) is 15.4. The van der Waals surface area contributed by atoms with Crippen LogP contribution >= 0.6 is 22.6 Å². The summed E-state index contributed by atoms with van der Waals surface area (Å²) in [5.74, 6) is -0.894. The normalized spacial score (nSPS) is 28.9. The lowest BCUT2D eigenvalue weighted by atomic mass is 9.79. The van der Waals surface area contributed by atoms with Crippen LogP contribution in [0.5, 0.6) is 0 Å². The van der Waals surface area contributed by atoms with E-state index in [1.54, 1.807) is 24.3 Å². The summed E-state index contributed by atoms with van der Waals surface area (Å²) in [6.45, 7) is 0. The van der Waals surface area contributed by atoms with E-state index in [0.29, 0.717) is 16.9 Å². The molecule has 2 aromatic carbocycles. The first-order valence-corrected chi connectivity index (χ1v) is 10.8. The van der Waals surface area contributed by atoms with Gasteiger partial charge in [0, 0.05) is 26.4 Å². The Morgan fingerprint density at radius 2 is 1.79 bits per heavy atom. The fourth-order valence-electron chi connectivity index (χ4n) is 5.06. The number of carbonyl (C=O) groups excluding carboxylic acids is 3. The molecule has 5 rings (SSSR count). The van der Waals surface area contributed by atoms with Crippen molar-refractivity contribution in [1.29, 1.82) is 0 Å². The van der Waals surface area contributed by atoms with Gasteiger partial charge in [0.05, 0.1) is 11.8 Å². The molecule has 6 nitrogen and oxygen atoms in total. The van der Waals surface area contributed by atoms with Crippen molar-refractivity contribution in [2.24, 2.45) is 23.7 Å². The van der Waals surface area contributed by atoms with Gasteiger partial charge in [0.15, 0.2) is 0 Å². The number of anilines is 2. The van der Waals surface area contributed by atoms with Crippen LogP contribution in [0.2, 0.25) is 0 Å². The number of esters is 1. The number of hydrogen-bond acceptors (Lipinski definition) is 4. The molecule has 0 unspecified atom stereocenters. The second kappa shape index (κ2) is 7.12. The largest absolute Gasteiger partial charge is 0.462 e. The highest BCUT2D eigenvalue weighted by Crippen LogP contribution is 2.57. The predicted octanol–water partition coefficient (Wildman–Crippen LogP) is 3.68. The Hall–Kier alpha value is -2.42. The Morgan fingerprint density at radius 3 is 2.59 bits per heavy atom. The number of nitrogens with one attached hydrogen (secondary N) is 2. The molecule has 7 heteroatoms. The Labute approximate surface area is 181 Å². The third-order valence-corrected chi connectivity index (χ3v) is 7.00. The minimum Gasteiger partial charge on any atom is -0.462 e. The van der Waals surface area contributed by atoms with Crippen LogP contribution in [-0.2, 0) is 14.3 Å². The van der Waals surface area contributed by atoms with Crippen molar-refractivity contribution in [2.45, 2.75) is 18.9 Å². The van der Waals surface area contributed by atoms with E-state index in [1.807, 2.05) is 24.3 Å². The first-order chi connectivity index (χ1) is 14.0. The SMILES string of the molecule is O=C(Nc1ccc(I)cc1)c1cccc(NC(=O)[C@@H]2[C@@H]3C[C@@H]4[C@H]2C(=O)O[C@H]4C3)c1. The lowest BCUT2D eigenvalue weighted by molar-refractivity contribution is -0.145. The molecule has 3 fully saturated rings. The second-order valence-electron chi connectivity index (χ2n) is 7.95. The lowest BCUT2D eigenvalue weighted by Crippen LogP contribution is -2.35. The topological polar surface area (TPSA) is 84.5 Å². The number of ether oxygens (including phenoxy) is 1. The van der Waals surface area contributed by atoms with E-state index in [-0.39, 0.29) is 47.6 Å². The molecule has 2 amide bonds. The first-order valence-electron chi connectivity index (χ1n) is 9.68. The molecular weight excluding hydrogens is 483 g/mol. The van der Waals surface area contributed by atoms with Gasteiger partial charge < -0.3 is 15.4 Å². The van der Waals surface area contributed by atoms with E-state index in [0.717, 1.165) is 16.4 Å². The summed E-state index contributed by atoms with van der Waals surface area (Å²) in [4.78, 5) is 37.6. The van der Waals surface area contributed by atoms with Crippen molar-refractivity contribution in [2.75, 3.05) is 10.6 Å². The van der Waals surface area contributed by atoms with Crippen LogP contribution < -0.4 is 10.6 Å². The van der Waals surface area contributed by atoms with Crippen molar-refractivity contribution in [1.82, 2.24) is 0 Å². The number of amides is 2. The maximum Gasteiger partial charge on any atom is 0.310 e. The molecule has 1 aliphatic heterocycles. The lowest BCUT2D eigenvalue weighted by Gasteiger charge is -2.23. The smallest absolute Gasteiger partial charge is 0.310 e. The molecule has 1 saturated heterocycles. The van der Waals surface area contributed by atoms with Gasteiger partial charge in [0.25, 0.3) is 5.91 Å². The monoisotopic (exact) mass is 502 g/mol. The van der Waals surface area contributed by atoms with Gasteiger partial charge in [0.2, 0.25) is 5.91 Å². The van der Waals surface area contributed by atoms with E-state index >= 15 is 0 Å². The average Bonchev–Trinajstić information content (AvgIpc) is 3.32.